The first-order valence-corrected chi connectivity index (χ1v) is 10.7. The quantitative estimate of drug-likeness (QED) is 0.636. The van der Waals surface area contributed by atoms with Gasteiger partial charge in [-0.2, -0.15) is 0 Å². The van der Waals surface area contributed by atoms with Crippen molar-refractivity contribution >= 4 is 56.5 Å². The molecule has 0 aliphatic rings. The highest BCUT2D eigenvalue weighted by atomic mass is 35.5. The maximum absolute atomic E-state index is 12.5. The van der Waals surface area contributed by atoms with Gasteiger partial charge in [-0.05, 0) is 36.4 Å². The van der Waals surface area contributed by atoms with Crippen LogP contribution in [0.25, 0.3) is 0 Å². The van der Waals surface area contributed by atoms with Crippen molar-refractivity contribution in [2.75, 3.05) is 36.6 Å². The van der Waals surface area contributed by atoms with Crippen LogP contribution in [-0.4, -0.2) is 47.3 Å². The predicted octanol–water partition coefficient (Wildman–Crippen LogP) is 3.19. The molecule has 0 aliphatic heterocycles. The minimum absolute atomic E-state index is 0.140. The number of hydrogen-bond acceptors (Lipinski definition) is 6. The van der Waals surface area contributed by atoms with Gasteiger partial charge >= 0.3 is 5.97 Å². The SMILES string of the molecule is COC(=O)c1ccc(Cl)c(NC(=O)CN(c2ccc(OC)c(Cl)c2)S(C)(=O)=O)c1. The molecular formula is C18H18Cl2N2O6S. The maximum Gasteiger partial charge on any atom is 0.337 e. The molecule has 0 saturated heterocycles. The van der Waals surface area contributed by atoms with Crippen LogP contribution in [-0.2, 0) is 19.6 Å². The van der Waals surface area contributed by atoms with Gasteiger partial charge in [-0.1, -0.05) is 23.2 Å². The molecule has 2 aromatic rings. The maximum atomic E-state index is 12.5. The third kappa shape index (κ3) is 5.75. The van der Waals surface area contributed by atoms with Gasteiger partial charge < -0.3 is 14.8 Å². The Hall–Kier alpha value is -2.49. The largest absolute Gasteiger partial charge is 0.495 e. The molecule has 0 unspecified atom stereocenters. The van der Waals surface area contributed by atoms with Crippen LogP contribution >= 0.6 is 23.2 Å². The van der Waals surface area contributed by atoms with E-state index in [2.05, 4.69) is 10.1 Å². The molecule has 156 valence electrons. The van der Waals surface area contributed by atoms with Crippen molar-refractivity contribution < 1.29 is 27.5 Å². The third-order valence-corrected chi connectivity index (χ3v) is 5.54. The molecule has 0 saturated carbocycles. The standard InChI is InChI=1S/C18H18Cl2N2O6S/c1-27-16-7-5-12(9-14(16)20)22(29(3,25)26)10-17(23)21-15-8-11(18(24)28-2)4-6-13(15)19/h4-9H,10H2,1-3H3,(H,21,23). The van der Waals surface area contributed by atoms with Gasteiger partial charge in [0.15, 0.2) is 0 Å². The lowest BCUT2D eigenvalue weighted by atomic mass is 10.2. The summed E-state index contributed by atoms with van der Waals surface area (Å²) in [6.45, 7) is -0.541. The number of halogens is 2. The number of rotatable bonds is 7. The van der Waals surface area contributed by atoms with Crippen LogP contribution in [0.3, 0.4) is 0 Å². The number of anilines is 2. The highest BCUT2D eigenvalue weighted by Gasteiger charge is 2.22. The van der Waals surface area contributed by atoms with Gasteiger partial charge in [0.1, 0.15) is 12.3 Å². The van der Waals surface area contributed by atoms with E-state index in [4.69, 9.17) is 27.9 Å². The smallest absolute Gasteiger partial charge is 0.337 e. The van der Waals surface area contributed by atoms with E-state index in [-0.39, 0.29) is 27.0 Å². The molecule has 8 nitrogen and oxygen atoms in total. The second-order valence-corrected chi connectivity index (χ2v) is 8.54. The monoisotopic (exact) mass is 460 g/mol. The summed E-state index contributed by atoms with van der Waals surface area (Å²) < 4.78 is 35.0. The first kappa shape index (κ1) is 22.8. The van der Waals surface area contributed by atoms with Crippen molar-refractivity contribution in [1.29, 1.82) is 0 Å². The lowest BCUT2D eigenvalue weighted by Gasteiger charge is -2.22. The highest BCUT2D eigenvalue weighted by molar-refractivity contribution is 7.92. The van der Waals surface area contributed by atoms with Gasteiger partial charge in [-0.25, -0.2) is 13.2 Å². The Balaban J connectivity index is 2.28. The molecule has 0 spiro atoms. The number of nitrogens with one attached hydrogen (secondary N) is 1. The van der Waals surface area contributed by atoms with Crippen molar-refractivity contribution in [3.63, 3.8) is 0 Å². The second-order valence-electron chi connectivity index (χ2n) is 5.82. The molecule has 0 bridgehead atoms. The van der Waals surface area contributed by atoms with E-state index in [1.807, 2.05) is 0 Å². The van der Waals surface area contributed by atoms with E-state index in [0.717, 1.165) is 10.6 Å². The lowest BCUT2D eigenvalue weighted by molar-refractivity contribution is -0.114. The number of carbonyl (C=O) groups is 2. The molecule has 0 radical (unpaired) electrons. The van der Waals surface area contributed by atoms with Crippen LogP contribution in [0.2, 0.25) is 10.0 Å². The van der Waals surface area contributed by atoms with Crippen molar-refractivity contribution in [2.45, 2.75) is 0 Å². The van der Waals surface area contributed by atoms with E-state index in [0.29, 0.717) is 5.75 Å². The second kappa shape index (κ2) is 9.34. The van der Waals surface area contributed by atoms with E-state index in [1.165, 1.54) is 50.6 Å². The summed E-state index contributed by atoms with van der Waals surface area (Å²) in [6, 6.07) is 8.52. The van der Waals surface area contributed by atoms with Crippen molar-refractivity contribution in [3.8, 4) is 5.75 Å². The van der Waals surface area contributed by atoms with Crippen molar-refractivity contribution in [3.05, 3.63) is 52.0 Å². The van der Waals surface area contributed by atoms with Gasteiger partial charge in [0.2, 0.25) is 15.9 Å². The van der Waals surface area contributed by atoms with Crippen LogP contribution in [0.5, 0.6) is 5.75 Å². The fourth-order valence-corrected chi connectivity index (χ4v) is 3.66. The Kier molecular flexibility index (Phi) is 7.34. The van der Waals surface area contributed by atoms with Gasteiger partial charge in [0, 0.05) is 0 Å². The molecule has 0 heterocycles. The Morgan fingerprint density at radius 3 is 2.31 bits per heavy atom. The number of amides is 1. The molecule has 0 atom stereocenters. The molecule has 0 aromatic heterocycles. The van der Waals surface area contributed by atoms with E-state index < -0.39 is 28.4 Å². The van der Waals surface area contributed by atoms with Crippen LogP contribution < -0.4 is 14.4 Å². The summed E-state index contributed by atoms with van der Waals surface area (Å²) in [4.78, 5) is 24.2. The van der Waals surface area contributed by atoms with Crippen LogP contribution in [0.1, 0.15) is 10.4 Å². The van der Waals surface area contributed by atoms with Crippen molar-refractivity contribution in [1.82, 2.24) is 0 Å². The molecule has 11 heteroatoms. The summed E-state index contributed by atoms with van der Waals surface area (Å²) in [6.07, 6.45) is 0.962. The first-order chi connectivity index (χ1) is 13.6. The van der Waals surface area contributed by atoms with E-state index in [9.17, 15) is 18.0 Å². The van der Waals surface area contributed by atoms with Gasteiger partial charge in [-0.3, -0.25) is 9.10 Å². The number of esters is 1. The minimum Gasteiger partial charge on any atom is -0.495 e. The normalized spacial score (nSPS) is 10.9. The van der Waals surface area contributed by atoms with Crippen molar-refractivity contribution in [2.24, 2.45) is 0 Å². The molecule has 1 amide bonds. The predicted molar refractivity (Wildman–Crippen MR) is 112 cm³/mol. The highest BCUT2D eigenvalue weighted by Crippen LogP contribution is 2.30. The molecular weight excluding hydrogens is 443 g/mol. The average molecular weight is 461 g/mol. The van der Waals surface area contributed by atoms with Crippen LogP contribution in [0.4, 0.5) is 11.4 Å². The Labute approximate surface area is 178 Å². The zero-order chi connectivity index (χ0) is 21.8. The number of carbonyl (C=O) groups excluding carboxylic acids is 2. The summed E-state index contributed by atoms with van der Waals surface area (Å²) in [5.41, 5.74) is 0.498. The van der Waals surface area contributed by atoms with Crippen LogP contribution in [0, 0.1) is 0 Å². The third-order valence-electron chi connectivity index (χ3n) is 3.77. The lowest BCUT2D eigenvalue weighted by Crippen LogP contribution is -2.37. The van der Waals surface area contributed by atoms with Crippen LogP contribution in [0.15, 0.2) is 36.4 Å². The summed E-state index contributed by atoms with van der Waals surface area (Å²) in [5, 5.41) is 2.86. The summed E-state index contributed by atoms with van der Waals surface area (Å²) in [7, 11) is -1.16. The van der Waals surface area contributed by atoms with Gasteiger partial charge in [0.25, 0.3) is 0 Å². The minimum atomic E-state index is -3.81. The molecule has 0 aliphatic carbocycles. The van der Waals surface area contributed by atoms with E-state index >= 15 is 0 Å². The average Bonchev–Trinajstić information content (AvgIpc) is 2.66. The summed E-state index contributed by atoms with van der Waals surface area (Å²) >= 11 is 12.1. The number of sulfonamides is 1. The summed E-state index contributed by atoms with van der Waals surface area (Å²) in [5.74, 6) is -0.922. The zero-order valence-electron chi connectivity index (χ0n) is 15.7. The molecule has 0 fully saturated rings. The van der Waals surface area contributed by atoms with E-state index in [1.54, 1.807) is 0 Å². The zero-order valence-corrected chi connectivity index (χ0v) is 18.1. The molecule has 1 N–H and O–H groups in total. The first-order valence-electron chi connectivity index (χ1n) is 8.05. The molecule has 2 aromatic carbocycles. The Morgan fingerprint density at radius 2 is 1.76 bits per heavy atom. The molecule has 29 heavy (non-hydrogen) atoms. The number of nitrogens with zero attached hydrogens (tertiary/aromatic N) is 1. The van der Waals surface area contributed by atoms with Gasteiger partial charge in [-0.15, -0.1) is 0 Å². The Bertz CT molecular complexity index is 1040. The number of ether oxygens (including phenoxy) is 2. The number of methoxy groups -OCH3 is 2. The molecule has 2 rings (SSSR count). The fraction of sp³-hybridized carbons (Fsp3) is 0.222. The Morgan fingerprint density at radius 1 is 1.07 bits per heavy atom. The number of hydrogen-bond donors (Lipinski definition) is 1. The fourth-order valence-electron chi connectivity index (χ4n) is 2.40. The van der Waals surface area contributed by atoms with Gasteiger partial charge in [0.05, 0.1) is 47.5 Å². The number of benzene rings is 2. The topological polar surface area (TPSA) is 102 Å².